The van der Waals surface area contributed by atoms with Gasteiger partial charge in [0.25, 0.3) is 0 Å². The zero-order valence-electron chi connectivity index (χ0n) is 15.3. The Morgan fingerprint density at radius 1 is 1.30 bits per heavy atom. The van der Waals surface area contributed by atoms with Gasteiger partial charge in [-0.25, -0.2) is 4.98 Å². The molecule has 0 aliphatic heterocycles. The second-order valence-electron chi connectivity index (χ2n) is 6.70. The molecule has 3 aromatic rings. The number of carbonyl (C=O) groups is 1. The molecule has 27 heavy (non-hydrogen) atoms. The van der Waals surface area contributed by atoms with Gasteiger partial charge in [0.05, 0.1) is 5.75 Å². The molecule has 4 rings (SSSR count). The number of aryl methyl sites for hydroxylation is 1. The predicted molar refractivity (Wildman–Crippen MR) is 112 cm³/mol. The molecular weight excluding hydrogens is 398 g/mol. The molecule has 0 atom stereocenters. The highest BCUT2D eigenvalue weighted by Gasteiger charge is 2.23. The second-order valence-corrected chi connectivity index (χ2v) is 9.50. The highest BCUT2D eigenvalue weighted by molar-refractivity contribution is 7.99. The molecule has 1 aliphatic carbocycles. The van der Waals surface area contributed by atoms with Crippen LogP contribution in [0.4, 0.5) is 5.13 Å². The van der Waals surface area contributed by atoms with E-state index in [-0.39, 0.29) is 17.7 Å². The third kappa shape index (κ3) is 3.95. The van der Waals surface area contributed by atoms with E-state index in [1.807, 2.05) is 16.7 Å². The van der Waals surface area contributed by atoms with Crippen LogP contribution in [0.3, 0.4) is 0 Å². The van der Waals surface area contributed by atoms with Crippen LogP contribution in [-0.2, 0) is 17.6 Å². The van der Waals surface area contributed by atoms with E-state index in [0.717, 1.165) is 17.4 Å². The summed E-state index contributed by atoms with van der Waals surface area (Å²) in [6.45, 7) is 4.26. The van der Waals surface area contributed by atoms with Gasteiger partial charge in [0.15, 0.2) is 16.1 Å². The molecule has 3 heterocycles. The number of aromatic nitrogens is 4. The monoisotopic (exact) mass is 419 g/mol. The minimum atomic E-state index is -0.0808. The topological polar surface area (TPSA) is 72.7 Å². The fourth-order valence-electron chi connectivity index (χ4n) is 3.28. The molecule has 0 spiro atoms. The van der Waals surface area contributed by atoms with Crippen molar-refractivity contribution in [1.82, 2.24) is 19.7 Å². The van der Waals surface area contributed by atoms with E-state index in [2.05, 4.69) is 44.3 Å². The fraction of sp³-hybridized carbons (Fsp3) is 0.444. The number of thiophene rings is 1. The van der Waals surface area contributed by atoms with Crippen LogP contribution in [0, 0.1) is 0 Å². The number of anilines is 1. The molecule has 0 saturated carbocycles. The van der Waals surface area contributed by atoms with Crippen LogP contribution >= 0.6 is 34.4 Å². The van der Waals surface area contributed by atoms with Crippen molar-refractivity contribution >= 4 is 45.5 Å². The van der Waals surface area contributed by atoms with Gasteiger partial charge in [-0.2, -0.15) is 0 Å². The first-order chi connectivity index (χ1) is 13.1. The SMILES string of the molecule is CC(C)n1c(SCC(=O)Nc2nccs2)nnc1-c1csc2c1CCCC2. The first-order valence-corrected chi connectivity index (χ1v) is 11.7. The third-order valence-electron chi connectivity index (χ3n) is 4.49. The first kappa shape index (κ1) is 18.6. The Morgan fingerprint density at radius 3 is 2.93 bits per heavy atom. The van der Waals surface area contributed by atoms with Crippen LogP contribution in [0.2, 0.25) is 0 Å². The van der Waals surface area contributed by atoms with Crippen LogP contribution in [0.15, 0.2) is 22.1 Å². The van der Waals surface area contributed by atoms with E-state index in [1.165, 1.54) is 58.4 Å². The van der Waals surface area contributed by atoms with Gasteiger partial charge in [-0.3, -0.25) is 9.36 Å². The number of rotatable bonds is 6. The standard InChI is InChI=1S/C18H21N5OS3/c1-11(2)23-16(13-9-26-14-6-4-3-5-12(13)14)21-22-18(23)27-10-15(24)20-17-19-7-8-25-17/h7-9,11H,3-6,10H2,1-2H3,(H,19,20,24). The summed E-state index contributed by atoms with van der Waals surface area (Å²) >= 11 is 4.67. The van der Waals surface area contributed by atoms with E-state index < -0.39 is 0 Å². The molecule has 1 aliphatic rings. The van der Waals surface area contributed by atoms with E-state index in [1.54, 1.807) is 6.20 Å². The summed E-state index contributed by atoms with van der Waals surface area (Å²) in [7, 11) is 0. The molecule has 3 aromatic heterocycles. The highest BCUT2D eigenvalue weighted by Crippen LogP contribution is 2.37. The van der Waals surface area contributed by atoms with Crippen LogP contribution in [0.5, 0.6) is 0 Å². The van der Waals surface area contributed by atoms with E-state index >= 15 is 0 Å². The lowest BCUT2D eigenvalue weighted by Gasteiger charge is -2.16. The van der Waals surface area contributed by atoms with Gasteiger partial charge in [-0.15, -0.1) is 32.9 Å². The number of amides is 1. The van der Waals surface area contributed by atoms with Crippen molar-refractivity contribution in [2.24, 2.45) is 0 Å². The van der Waals surface area contributed by atoms with Crippen molar-refractivity contribution in [3.05, 3.63) is 27.4 Å². The number of thiazole rings is 1. The smallest absolute Gasteiger partial charge is 0.236 e. The molecule has 1 N–H and O–H groups in total. The molecule has 0 saturated heterocycles. The summed E-state index contributed by atoms with van der Waals surface area (Å²) in [5.41, 5.74) is 2.66. The summed E-state index contributed by atoms with van der Waals surface area (Å²) in [4.78, 5) is 17.7. The summed E-state index contributed by atoms with van der Waals surface area (Å²) in [6, 6.07) is 0.221. The lowest BCUT2D eigenvalue weighted by atomic mass is 9.95. The van der Waals surface area contributed by atoms with Crippen LogP contribution < -0.4 is 5.32 Å². The van der Waals surface area contributed by atoms with Crippen LogP contribution in [0.25, 0.3) is 11.4 Å². The van der Waals surface area contributed by atoms with Gasteiger partial charge in [-0.05, 0) is 45.1 Å². The number of carbonyl (C=O) groups excluding carboxylic acids is 1. The van der Waals surface area contributed by atoms with E-state index in [4.69, 9.17) is 0 Å². The number of hydrogen-bond acceptors (Lipinski definition) is 7. The summed E-state index contributed by atoms with van der Waals surface area (Å²) < 4.78 is 2.15. The Hall–Kier alpha value is -1.71. The molecule has 142 valence electrons. The normalized spacial score (nSPS) is 13.7. The minimum absolute atomic E-state index is 0.0808. The number of thioether (sulfide) groups is 1. The molecule has 0 unspecified atom stereocenters. The highest BCUT2D eigenvalue weighted by atomic mass is 32.2. The average molecular weight is 420 g/mol. The zero-order valence-corrected chi connectivity index (χ0v) is 17.7. The summed E-state index contributed by atoms with van der Waals surface area (Å²) in [6.07, 6.45) is 6.49. The van der Waals surface area contributed by atoms with Gasteiger partial charge in [0, 0.05) is 33.4 Å². The van der Waals surface area contributed by atoms with E-state index in [9.17, 15) is 4.79 Å². The van der Waals surface area contributed by atoms with Crippen molar-refractivity contribution in [1.29, 1.82) is 0 Å². The molecule has 9 heteroatoms. The van der Waals surface area contributed by atoms with Crippen molar-refractivity contribution in [3.63, 3.8) is 0 Å². The minimum Gasteiger partial charge on any atom is -0.301 e. The van der Waals surface area contributed by atoms with Gasteiger partial charge in [-0.1, -0.05) is 11.8 Å². The fourth-order valence-corrected chi connectivity index (χ4v) is 5.81. The molecule has 0 aromatic carbocycles. The predicted octanol–water partition coefficient (Wildman–Crippen LogP) is 4.65. The molecule has 6 nitrogen and oxygen atoms in total. The Bertz CT molecular complexity index is 929. The first-order valence-electron chi connectivity index (χ1n) is 9.00. The van der Waals surface area contributed by atoms with Gasteiger partial charge < -0.3 is 5.32 Å². The third-order valence-corrected chi connectivity index (χ3v) is 7.21. The number of nitrogens with one attached hydrogen (secondary N) is 1. The van der Waals surface area contributed by atoms with Crippen LogP contribution in [-0.4, -0.2) is 31.4 Å². The molecular formula is C18H21N5OS3. The van der Waals surface area contributed by atoms with Gasteiger partial charge in [0.2, 0.25) is 5.91 Å². The molecule has 0 fully saturated rings. The Kier molecular flexibility index (Phi) is 5.60. The van der Waals surface area contributed by atoms with Crippen molar-refractivity contribution in [3.8, 4) is 11.4 Å². The Balaban J connectivity index is 1.54. The number of hydrogen-bond donors (Lipinski definition) is 1. The lowest BCUT2D eigenvalue weighted by Crippen LogP contribution is -2.14. The maximum atomic E-state index is 12.2. The Morgan fingerprint density at radius 2 is 2.15 bits per heavy atom. The number of fused-ring (bicyclic) bond motifs is 1. The number of nitrogens with zero attached hydrogens (tertiary/aromatic N) is 4. The average Bonchev–Trinajstić information content (AvgIpc) is 3.38. The summed E-state index contributed by atoms with van der Waals surface area (Å²) in [5.74, 6) is 1.13. The molecule has 1 amide bonds. The van der Waals surface area contributed by atoms with Gasteiger partial charge >= 0.3 is 0 Å². The van der Waals surface area contributed by atoms with Crippen molar-refractivity contribution in [2.45, 2.75) is 50.7 Å². The Labute approximate surface area is 170 Å². The largest absolute Gasteiger partial charge is 0.301 e. The molecule has 0 radical (unpaired) electrons. The lowest BCUT2D eigenvalue weighted by molar-refractivity contribution is -0.113. The van der Waals surface area contributed by atoms with Gasteiger partial charge in [0.1, 0.15) is 0 Å². The molecule has 0 bridgehead atoms. The van der Waals surface area contributed by atoms with Crippen molar-refractivity contribution < 1.29 is 4.79 Å². The second kappa shape index (κ2) is 8.12. The maximum absolute atomic E-state index is 12.2. The van der Waals surface area contributed by atoms with Crippen molar-refractivity contribution in [2.75, 3.05) is 11.1 Å². The summed E-state index contributed by atoms with van der Waals surface area (Å²) in [5, 5.41) is 17.2. The van der Waals surface area contributed by atoms with Crippen LogP contribution in [0.1, 0.15) is 43.2 Å². The maximum Gasteiger partial charge on any atom is 0.236 e. The van der Waals surface area contributed by atoms with E-state index in [0.29, 0.717) is 5.13 Å². The quantitative estimate of drug-likeness (QED) is 0.589. The zero-order chi connectivity index (χ0) is 18.8.